The molecule has 0 aliphatic rings. The van der Waals surface area contributed by atoms with Gasteiger partial charge in [0.05, 0.1) is 6.61 Å². The van der Waals surface area contributed by atoms with Crippen molar-refractivity contribution in [2.45, 2.75) is 19.9 Å². The minimum Gasteiger partial charge on any atom is -0.396 e. The zero-order valence-electron chi connectivity index (χ0n) is 10.6. The van der Waals surface area contributed by atoms with Crippen LogP contribution in [0.25, 0.3) is 0 Å². The first-order chi connectivity index (χ1) is 8.36. The zero-order valence-corrected chi connectivity index (χ0v) is 10.6. The summed E-state index contributed by atoms with van der Waals surface area (Å²) in [5.74, 6) is 0. The highest BCUT2D eigenvalue weighted by Crippen LogP contribution is 2.04. The van der Waals surface area contributed by atoms with E-state index in [1.165, 1.54) is 5.56 Å². The van der Waals surface area contributed by atoms with Crippen molar-refractivity contribution >= 4 is 0 Å². The van der Waals surface area contributed by atoms with Crippen molar-refractivity contribution in [3.8, 4) is 0 Å². The molecule has 1 aromatic rings. The monoisotopic (exact) mass is 237 g/mol. The molecular weight excluding hydrogens is 214 g/mol. The summed E-state index contributed by atoms with van der Waals surface area (Å²) in [5.41, 5.74) is 1.31. The van der Waals surface area contributed by atoms with Gasteiger partial charge in [-0.3, -0.25) is 4.90 Å². The number of nitrogens with zero attached hydrogens (tertiary/aromatic N) is 1. The summed E-state index contributed by atoms with van der Waals surface area (Å²) in [7, 11) is 0. The molecule has 1 rings (SSSR count). The summed E-state index contributed by atoms with van der Waals surface area (Å²) in [6, 6.07) is 10.4. The van der Waals surface area contributed by atoms with Gasteiger partial charge in [0.15, 0.2) is 0 Å². The van der Waals surface area contributed by atoms with Gasteiger partial charge in [-0.15, -0.1) is 0 Å². The third kappa shape index (κ3) is 6.41. The molecule has 0 aliphatic heterocycles. The average molecular weight is 237 g/mol. The lowest BCUT2D eigenvalue weighted by molar-refractivity contribution is 0.107. The maximum Gasteiger partial charge on any atom is 0.0593 e. The molecule has 0 bridgehead atoms. The molecule has 3 nitrogen and oxygen atoms in total. The number of hydrogen-bond donors (Lipinski definition) is 1. The Balaban J connectivity index is 2.39. The summed E-state index contributed by atoms with van der Waals surface area (Å²) < 4.78 is 5.38. The van der Waals surface area contributed by atoms with Gasteiger partial charge < -0.3 is 9.84 Å². The smallest absolute Gasteiger partial charge is 0.0593 e. The van der Waals surface area contributed by atoms with Crippen LogP contribution in [0.4, 0.5) is 0 Å². The highest BCUT2D eigenvalue weighted by atomic mass is 16.5. The second-order valence-electron chi connectivity index (χ2n) is 4.04. The van der Waals surface area contributed by atoms with Crippen molar-refractivity contribution in [1.29, 1.82) is 0 Å². The van der Waals surface area contributed by atoms with E-state index in [1.54, 1.807) is 0 Å². The topological polar surface area (TPSA) is 32.7 Å². The highest BCUT2D eigenvalue weighted by Gasteiger charge is 2.05. The quantitative estimate of drug-likeness (QED) is 0.666. The molecule has 0 heterocycles. The number of ether oxygens (including phenoxy) is 1. The molecule has 0 fully saturated rings. The summed E-state index contributed by atoms with van der Waals surface area (Å²) in [5, 5.41) is 8.89. The fourth-order valence-electron chi connectivity index (χ4n) is 1.74. The van der Waals surface area contributed by atoms with E-state index in [9.17, 15) is 0 Å². The highest BCUT2D eigenvalue weighted by molar-refractivity contribution is 5.14. The maximum atomic E-state index is 8.89. The number of aliphatic hydroxyl groups excluding tert-OH is 1. The van der Waals surface area contributed by atoms with Crippen molar-refractivity contribution in [3.05, 3.63) is 35.9 Å². The van der Waals surface area contributed by atoms with E-state index in [4.69, 9.17) is 9.84 Å². The normalized spacial score (nSPS) is 11.0. The van der Waals surface area contributed by atoms with E-state index in [-0.39, 0.29) is 6.61 Å². The minimum absolute atomic E-state index is 0.250. The van der Waals surface area contributed by atoms with Crippen LogP contribution in [0.15, 0.2) is 30.3 Å². The molecule has 0 amide bonds. The van der Waals surface area contributed by atoms with E-state index in [0.717, 1.165) is 39.3 Å². The third-order valence-corrected chi connectivity index (χ3v) is 2.64. The molecule has 96 valence electrons. The first-order valence-corrected chi connectivity index (χ1v) is 6.31. The van der Waals surface area contributed by atoms with Crippen LogP contribution in [-0.4, -0.2) is 42.9 Å². The summed E-state index contributed by atoms with van der Waals surface area (Å²) in [6.45, 7) is 6.54. The van der Waals surface area contributed by atoms with Crippen molar-refractivity contribution < 1.29 is 9.84 Å². The molecule has 1 aromatic carbocycles. The van der Waals surface area contributed by atoms with Gasteiger partial charge >= 0.3 is 0 Å². The Morgan fingerprint density at radius 3 is 2.59 bits per heavy atom. The molecule has 3 heteroatoms. The molecule has 1 N–H and O–H groups in total. The first-order valence-electron chi connectivity index (χ1n) is 6.31. The molecule has 17 heavy (non-hydrogen) atoms. The van der Waals surface area contributed by atoms with Gasteiger partial charge in [-0.25, -0.2) is 0 Å². The average Bonchev–Trinajstić information content (AvgIpc) is 2.37. The van der Waals surface area contributed by atoms with Crippen LogP contribution in [0, 0.1) is 0 Å². The van der Waals surface area contributed by atoms with Crippen LogP contribution < -0.4 is 0 Å². The van der Waals surface area contributed by atoms with Crippen LogP contribution in [0.5, 0.6) is 0 Å². The van der Waals surface area contributed by atoms with E-state index in [0.29, 0.717) is 0 Å². The number of rotatable bonds is 9. The molecule has 0 aromatic heterocycles. The zero-order chi connectivity index (χ0) is 12.3. The van der Waals surface area contributed by atoms with Crippen LogP contribution in [0.2, 0.25) is 0 Å². The van der Waals surface area contributed by atoms with Gasteiger partial charge in [0.1, 0.15) is 0 Å². The largest absolute Gasteiger partial charge is 0.396 e. The molecule has 0 radical (unpaired) electrons. The van der Waals surface area contributed by atoms with Crippen LogP contribution in [0.1, 0.15) is 18.9 Å². The maximum absolute atomic E-state index is 8.89. The molecule has 0 aliphatic carbocycles. The molecule has 0 saturated carbocycles. The summed E-state index contributed by atoms with van der Waals surface area (Å²) >= 11 is 0. The number of benzene rings is 1. The van der Waals surface area contributed by atoms with Crippen molar-refractivity contribution in [2.24, 2.45) is 0 Å². The lowest BCUT2D eigenvalue weighted by Crippen LogP contribution is -2.28. The predicted octanol–water partition coefficient (Wildman–Crippen LogP) is 1.91. The van der Waals surface area contributed by atoms with Gasteiger partial charge in [-0.2, -0.15) is 0 Å². The Morgan fingerprint density at radius 2 is 1.94 bits per heavy atom. The lowest BCUT2D eigenvalue weighted by Gasteiger charge is -2.21. The minimum atomic E-state index is 0.250. The first kappa shape index (κ1) is 14.2. The van der Waals surface area contributed by atoms with Crippen LogP contribution >= 0.6 is 0 Å². The Hall–Kier alpha value is -0.900. The van der Waals surface area contributed by atoms with E-state index < -0.39 is 0 Å². The SMILES string of the molecule is CCOCCN(CCCO)Cc1ccccc1. The van der Waals surface area contributed by atoms with Gasteiger partial charge in [0.2, 0.25) is 0 Å². The van der Waals surface area contributed by atoms with Crippen LogP contribution in [0.3, 0.4) is 0 Å². The second kappa shape index (κ2) is 9.16. The van der Waals surface area contributed by atoms with Gasteiger partial charge in [0, 0.05) is 32.8 Å². The fourth-order valence-corrected chi connectivity index (χ4v) is 1.74. The molecular formula is C14H23NO2. The summed E-state index contributed by atoms with van der Waals surface area (Å²) in [6.07, 6.45) is 0.818. The van der Waals surface area contributed by atoms with Crippen molar-refractivity contribution in [3.63, 3.8) is 0 Å². The number of aliphatic hydroxyl groups is 1. The predicted molar refractivity (Wildman–Crippen MR) is 69.9 cm³/mol. The summed E-state index contributed by atoms with van der Waals surface area (Å²) in [4.78, 5) is 2.32. The van der Waals surface area contributed by atoms with Crippen molar-refractivity contribution in [1.82, 2.24) is 4.90 Å². The van der Waals surface area contributed by atoms with Crippen LogP contribution in [-0.2, 0) is 11.3 Å². The molecule has 0 spiro atoms. The Labute approximate surface area is 104 Å². The van der Waals surface area contributed by atoms with E-state index in [1.807, 2.05) is 13.0 Å². The molecule has 0 unspecified atom stereocenters. The van der Waals surface area contributed by atoms with E-state index >= 15 is 0 Å². The Morgan fingerprint density at radius 1 is 1.18 bits per heavy atom. The third-order valence-electron chi connectivity index (χ3n) is 2.64. The van der Waals surface area contributed by atoms with E-state index in [2.05, 4.69) is 29.2 Å². The van der Waals surface area contributed by atoms with Gasteiger partial charge in [-0.05, 0) is 18.9 Å². The lowest BCUT2D eigenvalue weighted by atomic mass is 10.2. The molecule has 0 atom stereocenters. The van der Waals surface area contributed by atoms with Gasteiger partial charge in [-0.1, -0.05) is 30.3 Å². The standard InChI is InChI=1S/C14H23NO2/c1-2-17-12-10-15(9-6-11-16)13-14-7-4-3-5-8-14/h3-5,7-8,16H,2,6,9-13H2,1H3. The Kier molecular flexibility index (Phi) is 7.63. The molecule has 0 saturated heterocycles. The fraction of sp³-hybridized carbons (Fsp3) is 0.571. The Bertz CT molecular complexity index is 277. The van der Waals surface area contributed by atoms with Crippen molar-refractivity contribution in [2.75, 3.05) is 32.9 Å². The second-order valence-corrected chi connectivity index (χ2v) is 4.04. The number of hydrogen-bond acceptors (Lipinski definition) is 3. The van der Waals surface area contributed by atoms with Gasteiger partial charge in [0.25, 0.3) is 0 Å².